The third-order valence-corrected chi connectivity index (χ3v) is 6.77. The third kappa shape index (κ3) is 5.40. The Hall–Kier alpha value is -3.20. The highest BCUT2D eigenvalue weighted by Crippen LogP contribution is 2.30. The van der Waals surface area contributed by atoms with Gasteiger partial charge in [0.25, 0.3) is 5.56 Å². The van der Waals surface area contributed by atoms with Crippen molar-refractivity contribution < 1.29 is 18.0 Å². The highest BCUT2D eigenvalue weighted by atomic mass is 19.4. The molecular weight excluding hydrogens is 457 g/mol. The van der Waals surface area contributed by atoms with Crippen LogP contribution in [0, 0.1) is 0 Å². The number of halogens is 3. The van der Waals surface area contributed by atoms with Crippen LogP contribution < -0.4 is 5.56 Å². The van der Waals surface area contributed by atoms with Gasteiger partial charge in [-0.1, -0.05) is 13.0 Å². The van der Waals surface area contributed by atoms with Gasteiger partial charge in [-0.25, -0.2) is 4.98 Å². The summed E-state index contributed by atoms with van der Waals surface area (Å²) in [4.78, 5) is 33.8. The van der Waals surface area contributed by atoms with Crippen LogP contribution in [0.25, 0.3) is 16.7 Å². The molecule has 1 amide bonds. The molecule has 9 heteroatoms. The molecule has 1 aromatic carbocycles. The first-order chi connectivity index (χ1) is 16.7. The molecule has 1 fully saturated rings. The zero-order valence-electron chi connectivity index (χ0n) is 19.9. The van der Waals surface area contributed by atoms with E-state index in [1.807, 2.05) is 18.9 Å². The van der Waals surface area contributed by atoms with E-state index in [0.29, 0.717) is 36.0 Å². The van der Waals surface area contributed by atoms with Gasteiger partial charge in [0.05, 0.1) is 11.3 Å². The van der Waals surface area contributed by atoms with E-state index in [1.54, 1.807) is 18.2 Å². The summed E-state index contributed by atoms with van der Waals surface area (Å²) in [6.07, 6.45) is -0.280. The van der Waals surface area contributed by atoms with Crippen molar-refractivity contribution >= 4 is 16.9 Å². The molecule has 0 saturated carbocycles. The Morgan fingerprint density at radius 2 is 1.89 bits per heavy atom. The molecule has 1 aliphatic heterocycles. The van der Waals surface area contributed by atoms with Gasteiger partial charge in [0.1, 0.15) is 5.65 Å². The number of pyridine rings is 2. The molecule has 3 heterocycles. The average Bonchev–Trinajstić information content (AvgIpc) is 2.86. The number of fused-ring (bicyclic) bond motifs is 1. The lowest BCUT2D eigenvalue weighted by atomic mass is 10.0. The van der Waals surface area contributed by atoms with Crippen LogP contribution in [0.2, 0.25) is 0 Å². The summed E-state index contributed by atoms with van der Waals surface area (Å²) in [6.45, 7) is 4.16. The largest absolute Gasteiger partial charge is 0.416 e. The molecule has 186 valence electrons. The van der Waals surface area contributed by atoms with E-state index in [9.17, 15) is 22.8 Å². The fraction of sp³-hybridized carbons (Fsp3) is 0.423. The van der Waals surface area contributed by atoms with Crippen LogP contribution in [0.5, 0.6) is 0 Å². The van der Waals surface area contributed by atoms with Crippen molar-refractivity contribution in [3.63, 3.8) is 0 Å². The number of hydrogen-bond donors (Lipinski definition) is 0. The van der Waals surface area contributed by atoms with E-state index in [2.05, 4.69) is 9.88 Å². The lowest BCUT2D eigenvalue weighted by Crippen LogP contribution is -2.46. The van der Waals surface area contributed by atoms with Crippen LogP contribution in [0.15, 0.2) is 53.5 Å². The maximum Gasteiger partial charge on any atom is 0.416 e. The molecule has 6 nitrogen and oxygen atoms in total. The molecule has 1 aliphatic rings. The monoisotopic (exact) mass is 486 g/mol. The molecule has 1 saturated heterocycles. The summed E-state index contributed by atoms with van der Waals surface area (Å²) in [7, 11) is 1.85. The molecular formula is C26H29F3N4O2. The molecule has 2 aromatic heterocycles. The van der Waals surface area contributed by atoms with Gasteiger partial charge in [-0.3, -0.25) is 14.2 Å². The third-order valence-electron chi connectivity index (χ3n) is 6.77. The zero-order chi connectivity index (χ0) is 25.2. The van der Waals surface area contributed by atoms with Crippen LogP contribution in [0.3, 0.4) is 0 Å². The van der Waals surface area contributed by atoms with Crippen LogP contribution in [-0.2, 0) is 17.4 Å². The minimum Gasteiger partial charge on any atom is -0.343 e. The van der Waals surface area contributed by atoms with Gasteiger partial charge in [-0.15, -0.1) is 0 Å². The zero-order valence-corrected chi connectivity index (χ0v) is 19.9. The number of benzene rings is 1. The lowest BCUT2D eigenvalue weighted by Gasteiger charge is -2.36. The van der Waals surface area contributed by atoms with E-state index in [-0.39, 0.29) is 23.2 Å². The van der Waals surface area contributed by atoms with Crippen LogP contribution in [0.4, 0.5) is 13.2 Å². The Kier molecular flexibility index (Phi) is 7.25. The molecule has 4 rings (SSSR count). The van der Waals surface area contributed by atoms with Crippen molar-refractivity contribution in [2.75, 3.05) is 26.7 Å². The maximum absolute atomic E-state index is 13.4. The topological polar surface area (TPSA) is 58.4 Å². The minimum atomic E-state index is -4.51. The van der Waals surface area contributed by atoms with E-state index in [0.717, 1.165) is 38.1 Å². The number of alkyl halides is 3. The van der Waals surface area contributed by atoms with Gasteiger partial charge < -0.3 is 9.80 Å². The minimum absolute atomic E-state index is 0.139. The first-order valence-corrected chi connectivity index (χ1v) is 11.8. The lowest BCUT2D eigenvalue weighted by molar-refractivity contribution is -0.137. The predicted molar refractivity (Wildman–Crippen MR) is 129 cm³/mol. The molecule has 3 aromatic rings. The smallest absolute Gasteiger partial charge is 0.343 e. The second kappa shape index (κ2) is 10.2. The average molecular weight is 487 g/mol. The van der Waals surface area contributed by atoms with E-state index in [4.69, 9.17) is 0 Å². The summed E-state index contributed by atoms with van der Waals surface area (Å²) in [6, 6.07) is 10.3. The number of piperidine rings is 1. The highest BCUT2D eigenvalue weighted by molar-refractivity contribution is 5.77. The van der Waals surface area contributed by atoms with Gasteiger partial charge in [0, 0.05) is 56.3 Å². The standard InChI is InChI=1S/C26H29F3N4O2/c1-3-23(34)31(2)21-10-14-32(15-11-21)13-9-19-16-18-6-5-12-30-24(18)33(25(19)35)22-8-4-7-20(17-22)26(27,28)29/h4-8,12,16-17,21H,3,9-11,13-15H2,1-2H3. The second-order valence-corrected chi connectivity index (χ2v) is 8.96. The van der Waals surface area contributed by atoms with Gasteiger partial charge in [-0.05, 0) is 55.7 Å². The number of rotatable bonds is 6. The van der Waals surface area contributed by atoms with Crippen LogP contribution >= 0.6 is 0 Å². The second-order valence-electron chi connectivity index (χ2n) is 8.96. The summed E-state index contributed by atoms with van der Waals surface area (Å²) in [5, 5.41) is 0.693. The Bertz CT molecular complexity index is 1260. The molecule has 0 aliphatic carbocycles. The molecule has 35 heavy (non-hydrogen) atoms. The first-order valence-electron chi connectivity index (χ1n) is 11.8. The SMILES string of the molecule is CCC(=O)N(C)C1CCN(CCc2cc3cccnc3n(-c3cccc(C(F)(F)F)c3)c2=O)CC1. The molecule has 0 atom stereocenters. The Balaban J connectivity index is 1.57. The van der Waals surface area contributed by atoms with Crippen molar-refractivity contribution in [2.24, 2.45) is 0 Å². The number of nitrogens with zero attached hydrogens (tertiary/aromatic N) is 4. The Morgan fingerprint density at radius 1 is 1.14 bits per heavy atom. The number of hydrogen-bond acceptors (Lipinski definition) is 4. The maximum atomic E-state index is 13.4. The molecule has 0 radical (unpaired) electrons. The number of aromatic nitrogens is 2. The fourth-order valence-electron chi connectivity index (χ4n) is 4.70. The summed E-state index contributed by atoms with van der Waals surface area (Å²) < 4.78 is 41.2. The van der Waals surface area contributed by atoms with E-state index < -0.39 is 11.7 Å². The van der Waals surface area contributed by atoms with Crippen molar-refractivity contribution in [3.8, 4) is 5.69 Å². The molecule has 0 bridgehead atoms. The van der Waals surface area contributed by atoms with Crippen molar-refractivity contribution in [3.05, 3.63) is 70.1 Å². The van der Waals surface area contributed by atoms with Crippen LogP contribution in [-0.4, -0.2) is 58.0 Å². The fourth-order valence-corrected chi connectivity index (χ4v) is 4.70. The summed E-state index contributed by atoms with van der Waals surface area (Å²) in [5.74, 6) is 0.142. The van der Waals surface area contributed by atoms with Gasteiger partial charge in [-0.2, -0.15) is 13.2 Å². The van der Waals surface area contributed by atoms with Gasteiger partial charge >= 0.3 is 6.18 Å². The van der Waals surface area contributed by atoms with Gasteiger partial charge in [0.2, 0.25) is 5.91 Å². The normalized spacial score (nSPS) is 15.5. The molecule has 0 unspecified atom stereocenters. The Morgan fingerprint density at radius 3 is 2.57 bits per heavy atom. The highest BCUT2D eigenvalue weighted by Gasteiger charge is 2.31. The van der Waals surface area contributed by atoms with Crippen molar-refractivity contribution in [2.45, 2.75) is 44.8 Å². The van der Waals surface area contributed by atoms with Crippen molar-refractivity contribution in [1.29, 1.82) is 0 Å². The van der Waals surface area contributed by atoms with Crippen molar-refractivity contribution in [1.82, 2.24) is 19.4 Å². The Labute approximate surface area is 202 Å². The summed E-state index contributed by atoms with van der Waals surface area (Å²) in [5.41, 5.74) is -0.183. The van der Waals surface area contributed by atoms with Crippen LogP contribution in [0.1, 0.15) is 37.3 Å². The molecule has 0 spiro atoms. The van der Waals surface area contributed by atoms with E-state index in [1.165, 1.54) is 22.9 Å². The number of amides is 1. The quantitative estimate of drug-likeness (QED) is 0.522. The number of likely N-dealkylation sites (tertiary alicyclic amines) is 1. The predicted octanol–water partition coefficient (Wildman–Crippen LogP) is 4.28. The number of carbonyl (C=O) groups is 1. The van der Waals surface area contributed by atoms with E-state index >= 15 is 0 Å². The molecule has 0 N–H and O–H groups in total. The first kappa shape index (κ1) is 24.9. The van der Waals surface area contributed by atoms with Gasteiger partial charge in [0.15, 0.2) is 0 Å². The summed E-state index contributed by atoms with van der Waals surface area (Å²) >= 11 is 0. The number of carbonyl (C=O) groups excluding carboxylic acids is 1.